The summed E-state index contributed by atoms with van der Waals surface area (Å²) in [5, 5.41) is 12.0. The molecule has 1 fully saturated rings. The van der Waals surface area contributed by atoms with E-state index in [1.807, 2.05) is 0 Å². The second-order valence-corrected chi connectivity index (χ2v) is 9.90. The van der Waals surface area contributed by atoms with E-state index in [1.54, 1.807) is 0 Å². The van der Waals surface area contributed by atoms with Crippen molar-refractivity contribution < 1.29 is 23.1 Å². The highest BCUT2D eigenvalue weighted by Gasteiger charge is 2.44. The molecule has 0 aromatic rings. The van der Waals surface area contributed by atoms with E-state index in [4.69, 9.17) is 0 Å². The van der Waals surface area contributed by atoms with Crippen molar-refractivity contribution in [3.8, 4) is 0 Å². The lowest BCUT2D eigenvalue weighted by molar-refractivity contribution is -0.149. The van der Waals surface area contributed by atoms with Crippen LogP contribution in [0.1, 0.15) is 59.8 Å². The second-order valence-electron chi connectivity index (χ2n) is 7.16. The summed E-state index contributed by atoms with van der Waals surface area (Å²) in [6.45, 7) is 6.63. The molecule has 0 heterocycles. The average molecular weight is 333 g/mol. The number of sulfone groups is 1. The maximum absolute atomic E-state index is 12.1. The fourth-order valence-corrected chi connectivity index (χ4v) is 3.51. The zero-order valence-electron chi connectivity index (χ0n) is 13.8. The first-order chi connectivity index (χ1) is 9.93. The van der Waals surface area contributed by atoms with E-state index in [-0.39, 0.29) is 0 Å². The van der Waals surface area contributed by atoms with Crippen LogP contribution in [0.25, 0.3) is 0 Å². The van der Waals surface area contributed by atoms with Crippen molar-refractivity contribution in [2.75, 3.05) is 5.75 Å². The van der Waals surface area contributed by atoms with Crippen molar-refractivity contribution in [2.45, 2.75) is 70.1 Å². The summed E-state index contributed by atoms with van der Waals surface area (Å²) < 4.78 is 23.1. The number of nitrogens with one attached hydrogen (secondary N) is 1. The Hall–Kier alpha value is -1.11. The molecule has 2 N–H and O–H groups in total. The molecule has 0 atom stereocenters. The van der Waals surface area contributed by atoms with E-state index in [0.717, 1.165) is 19.3 Å². The van der Waals surface area contributed by atoms with Crippen LogP contribution in [0.5, 0.6) is 0 Å². The standard InChI is InChI=1S/C15H27NO5S/c1-5-11-6-8-15(9-7-11,13(18)19)16-12(17)10-22(20,21)14(2,3)4/h11H,5-10H2,1-4H3,(H,16,17)(H,18,19). The molecule has 0 spiro atoms. The number of amides is 1. The van der Waals surface area contributed by atoms with Gasteiger partial charge in [0.1, 0.15) is 11.3 Å². The van der Waals surface area contributed by atoms with Gasteiger partial charge in [-0.15, -0.1) is 0 Å². The number of carbonyl (C=O) groups is 2. The Labute approximate surface area is 132 Å². The van der Waals surface area contributed by atoms with E-state index < -0.39 is 37.8 Å². The minimum atomic E-state index is -3.62. The van der Waals surface area contributed by atoms with Crippen molar-refractivity contribution in [3.63, 3.8) is 0 Å². The van der Waals surface area contributed by atoms with Crippen LogP contribution >= 0.6 is 0 Å². The molecule has 1 aliphatic carbocycles. The van der Waals surface area contributed by atoms with Crippen LogP contribution in [-0.2, 0) is 19.4 Å². The lowest BCUT2D eigenvalue weighted by Crippen LogP contribution is -2.57. The maximum Gasteiger partial charge on any atom is 0.329 e. The molecule has 1 aliphatic rings. The molecule has 128 valence electrons. The lowest BCUT2D eigenvalue weighted by atomic mass is 9.75. The number of carboxylic acids is 1. The Morgan fingerprint density at radius 2 is 1.73 bits per heavy atom. The largest absolute Gasteiger partial charge is 0.480 e. The highest BCUT2D eigenvalue weighted by molar-refractivity contribution is 7.93. The van der Waals surface area contributed by atoms with E-state index >= 15 is 0 Å². The van der Waals surface area contributed by atoms with Crippen molar-refractivity contribution in [3.05, 3.63) is 0 Å². The fourth-order valence-electron chi connectivity index (χ4n) is 2.66. The predicted octanol–water partition coefficient (Wildman–Crippen LogP) is 1.74. The van der Waals surface area contributed by atoms with Crippen molar-refractivity contribution in [1.82, 2.24) is 5.32 Å². The van der Waals surface area contributed by atoms with Gasteiger partial charge in [0.2, 0.25) is 5.91 Å². The average Bonchev–Trinajstić information content (AvgIpc) is 2.37. The number of carbonyl (C=O) groups excluding carboxylic acids is 1. The van der Waals surface area contributed by atoms with Crippen LogP contribution in [0.15, 0.2) is 0 Å². The minimum absolute atomic E-state index is 0.349. The Kier molecular flexibility index (Phi) is 5.65. The van der Waals surface area contributed by atoms with E-state index in [0.29, 0.717) is 18.8 Å². The Balaban J connectivity index is 2.81. The molecule has 1 rings (SSSR count). The number of aliphatic carboxylic acids is 1. The molecule has 0 saturated heterocycles. The summed E-state index contributed by atoms with van der Waals surface area (Å²) >= 11 is 0. The molecule has 0 bridgehead atoms. The first-order valence-electron chi connectivity index (χ1n) is 7.70. The quantitative estimate of drug-likeness (QED) is 0.798. The summed E-state index contributed by atoms with van der Waals surface area (Å²) in [5.41, 5.74) is -1.32. The number of carboxylic acid groups (broad SMARTS) is 1. The van der Waals surface area contributed by atoms with Gasteiger partial charge in [-0.05, 0) is 52.4 Å². The monoisotopic (exact) mass is 333 g/mol. The summed E-state index contributed by atoms with van der Waals surface area (Å²) in [6, 6.07) is 0. The summed E-state index contributed by atoms with van der Waals surface area (Å²) in [6.07, 6.45) is 3.15. The van der Waals surface area contributed by atoms with E-state index in [2.05, 4.69) is 12.2 Å². The molecular formula is C15H27NO5S. The van der Waals surface area contributed by atoms with Gasteiger partial charge in [0.15, 0.2) is 9.84 Å². The summed E-state index contributed by atoms with van der Waals surface area (Å²) in [4.78, 5) is 23.7. The Bertz CT molecular complexity index is 525. The van der Waals surface area contributed by atoms with Gasteiger partial charge in [-0.2, -0.15) is 0 Å². The molecule has 0 aromatic heterocycles. The van der Waals surface area contributed by atoms with Gasteiger partial charge in [-0.3, -0.25) is 4.79 Å². The topological polar surface area (TPSA) is 101 Å². The predicted molar refractivity (Wildman–Crippen MR) is 84.3 cm³/mol. The molecule has 0 aliphatic heterocycles. The molecule has 0 aromatic carbocycles. The minimum Gasteiger partial charge on any atom is -0.480 e. The first kappa shape index (κ1) is 18.9. The van der Waals surface area contributed by atoms with Crippen molar-refractivity contribution >= 4 is 21.7 Å². The Morgan fingerprint density at radius 3 is 2.09 bits per heavy atom. The second kappa shape index (κ2) is 6.56. The molecule has 22 heavy (non-hydrogen) atoms. The van der Waals surface area contributed by atoms with Crippen LogP contribution in [-0.4, -0.2) is 41.4 Å². The molecule has 7 heteroatoms. The third-order valence-corrected chi connectivity index (χ3v) is 7.09. The molecular weight excluding hydrogens is 306 g/mol. The van der Waals surface area contributed by atoms with Gasteiger partial charge in [-0.1, -0.05) is 13.3 Å². The van der Waals surface area contributed by atoms with Gasteiger partial charge < -0.3 is 10.4 Å². The van der Waals surface area contributed by atoms with Crippen LogP contribution < -0.4 is 5.32 Å². The number of rotatable bonds is 5. The summed E-state index contributed by atoms with van der Waals surface area (Å²) in [7, 11) is -3.62. The van der Waals surface area contributed by atoms with Crippen LogP contribution in [0.3, 0.4) is 0 Å². The molecule has 0 radical (unpaired) electrons. The van der Waals surface area contributed by atoms with Crippen molar-refractivity contribution in [1.29, 1.82) is 0 Å². The normalized spacial score (nSPS) is 26.5. The number of hydrogen-bond acceptors (Lipinski definition) is 4. The van der Waals surface area contributed by atoms with Crippen LogP contribution in [0.2, 0.25) is 0 Å². The van der Waals surface area contributed by atoms with Crippen LogP contribution in [0, 0.1) is 5.92 Å². The summed E-state index contributed by atoms with van der Waals surface area (Å²) in [5.74, 6) is -2.01. The Morgan fingerprint density at radius 1 is 1.23 bits per heavy atom. The van der Waals surface area contributed by atoms with Crippen LogP contribution in [0.4, 0.5) is 0 Å². The highest BCUT2D eigenvalue weighted by atomic mass is 32.2. The van der Waals surface area contributed by atoms with Gasteiger partial charge >= 0.3 is 5.97 Å². The zero-order valence-corrected chi connectivity index (χ0v) is 14.6. The van der Waals surface area contributed by atoms with E-state index in [1.165, 1.54) is 20.8 Å². The molecule has 6 nitrogen and oxygen atoms in total. The van der Waals surface area contributed by atoms with Crippen molar-refractivity contribution in [2.24, 2.45) is 5.92 Å². The number of hydrogen-bond donors (Lipinski definition) is 2. The van der Waals surface area contributed by atoms with Gasteiger partial charge in [0.25, 0.3) is 0 Å². The lowest BCUT2D eigenvalue weighted by Gasteiger charge is -2.37. The zero-order chi connectivity index (χ0) is 17.2. The SMILES string of the molecule is CCC1CCC(NC(=O)CS(=O)(=O)C(C)(C)C)(C(=O)O)CC1. The first-order valence-corrected chi connectivity index (χ1v) is 9.35. The molecule has 1 saturated carbocycles. The highest BCUT2D eigenvalue weighted by Crippen LogP contribution is 2.34. The third-order valence-electron chi connectivity index (χ3n) is 4.58. The third kappa shape index (κ3) is 4.21. The smallest absolute Gasteiger partial charge is 0.329 e. The van der Waals surface area contributed by atoms with Gasteiger partial charge in [0, 0.05) is 0 Å². The van der Waals surface area contributed by atoms with Gasteiger partial charge in [0.05, 0.1) is 4.75 Å². The van der Waals surface area contributed by atoms with E-state index in [9.17, 15) is 23.1 Å². The van der Waals surface area contributed by atoms with Gasteiger partial charge in [-0.25, -0.2) is 13.2 Å². The maximum atomic E-state index is 12.1. The fraction of sp³-hybridized carbons (Fsp3) is 0.867. The molecule has 0 unspecified atom stereocenters. The molecule has 1 amide bonds.